The van der Waals surface area contributed by atoms with Crippen molar-refractivity contribution in [2.75, 3.05) is 7.05 Å². The summed E-state index contributed by atoms with van der Waals surface area (Å²) >= 11 is 0. The van der Waals surface area contributed by atoms with Crippen LogP contribution in [0.25, 0.3) is 0 Å². The van der Waals surface area contributed by atoms with E-state index in [1.165, 1.54) is 17.3 Å². The van der Waals surface area contributed by atoms with E-state index in [2.05, 4.69) is 72.8 Å². The SMILES string of the molecule is CCCCCC(C)(Pc1ccc(F)cc1CNC)c1cc(C(C)(C)C)cc(C(C)(C)C)c1O. The average molecular weight is 474 g/mol. The molecule has 33 heavy (non-hydrogen) atoms. The van der Waals surface area contributed by atoms with Crippen LogP contribution < -0.4 is 10.6 Å². The fraction of sp³-hybridized carbons (Fsp3) is 0.586. The average Bonchev–Trinajstić information content (AvgIpc) is 2.69. The number of rotatable bonds is 9. The Hall–Kier alpha value is -1.44. The van der Waals surface area contributed by atoms with E-state index in [1.54, 1.807) is 12.1 Å². The zero-order valence-electron chi connectivity index (χ0n) is 22.2. The van der Waals surface area contributed by atoms with Crippen LogP contribution in [-0.4, -0.2) is 12.2 Å². The lowest BCUT2D eigenvalue weighted by Gasteiger charge is -2.36. The summed E-state index contributed by atoms with van der Waals surface area (Å²) in [5, 5.41) is 15.8. The molecule has 0 aromatic heterocycles. The van der Waals surface area contributed by atoms with Crippen molar-refractivity contribution < 1.29 is 9.50 Å². The highest BCUT2D eigenvalue weighted by Gasteiger charge is 2.35. The van der Waals surface area contributed by atoms with Crippen LogP contribution in [-0.2, 0) is 22.5 Å². The van der Waals surface area contributed by atoms with Gasteiger partial charge >= 0.3 is 0 Å². The predicted octanol–water partition coefficient (Wildman–Crippen LogP) is 7.65. The van der Waals surface area contributed by atoms with Gasteiger partial charge in [0.1, 0.15) is 11.6 Å². The Labute approximate surface area is 203 Å². The van der Waals surface area contributed by atoms with E-state index in [1.807, 2.05) is 13.1 Å². The summed E-state index contributed by atoms with van der Waals surface area (Å²) in [4.78, 5) is 0. The highest BCUT2D eigenvalue weighted by Crippen LogP contribution is 2.51. The van der Waals surface area contributed by atoms with Crippen LogP contribution in [0.3, 0.4) is 0 Å². The first-order valence-electron chi connectivity index (χ1n) is 12.3. The number of benzene rings is 2. The number of aromatic hydroxyl groups is 1. The molecule has 2 aromatic rings. The first kappa shape index (κ1) is 27.8. The van der Waals surface area contributed by atoms with Crippen LogP contribution in [0.1, 0.15) is 103 Å². The molecule has 2 nitrogen and oxygen atoms in total. The van der Waals surface area contributed by atoms with Crippen molar-refractivity contribution in [3.63, 3.8) is 0 Å². The van der Waals surface area contributed by atoms with E-state index < -0.39 is 0 Å². The molecule has 2 atom stereocenters. The summed E-state index contributed by atoms with van der Waals surface area (Å²) in [6.07, 6.45) is 4.41. The third-order valence-electron chi connectivity index (χ3n) is 6.50. The molecule has 184 valence electrons. The van der Waals surface area contributed by atoms with Gasteiger partial charge in [0.2, 0.25) is 0 Å². The molecule has 0 fully saturated rings. The topological polar surface area (TPSA) is 32.3 Å². The number of hydrogen-bond donors (Lipinski definition) is 2. The van der Waals surface area contributed by atoms with Gasteiger partial charge in [0.25, 0.3) is 0 Å². The van der Waals surface area contributed by atoms with Crippen molar-refractivity contribution >= 4 is 13.9 Å². The molecule has 0 saturated carbocycles. The van der Waals surface area contributed by atoms with Crippen molar-refractivity contribution in [2.24, 2.45) is 0 Å². The number of phenols is 1. The Bertz CT molecular complexity index is 942. The lowest BCUT2D eigenvalue weighted by Crippen LogP contribution is -2.25. The second-order valence-electron chi connectivity index (χ2n) is 11.7. The monoisotopic (exact) mass is 473 g/mol. The summed E-state index contributed by atoms with van der Waals surface area (Å²) < 4.78 is 14.0. The highest BCUT2D eigenvalue weighted by molar-refractivity contribution is 7.48. The minimum atomic E-state index is -0.235. The molecule has 0 aliphatic carbocycles. The molecule has 2 unspecified atom stereocenters. The fourth-order valence-electron chi connectivity index (χ4n) is 4.37. The Morgan fingerprint density at radius 1 is 0.909 bits per heavy atom. The van der Waals surface area contributed by atoms with Crippen molar-refractivity contribution in [3.8, 4) is 5.75 Å². The molecule has 0 saturated heterocycles. The van der Waals surface area contributed by atoms with E-state index in [9.17, 15) is 9.50 Å². The Kier molecular flexibility index (Phi) is 9.16. The number of hydrogen-bond acceptors (Lipinski definition) is 2. The standard InChI is InChI=1S/C29H45FNOP/c1-10-11-12-15-29(8,33-25-14-13-22(30)16-20(25)19-31-9)24-18-21(27(2,3)4)17-23(26(24)32)28(5,6)7/h13-14,16-18,31-33H,10-12,15,19H2,1-9H3. The zero-order chi connectivity index (χ0) is 25.0. The van der Waals surface area contributed by atoms with Crippen molar-refractivity contribution in [1.82, 2.24) is 5.32 Å². The predicted molar refractivity (Wildman–Crippen MR) is 144 cm³/mol. The smallest absolute Gasteiger partial charge is 0.123 e. The minimum Gasteiger partial charge on any atom is -0.507 e. The fourth-order valence-corrected chi connectivity index (χ4v) is 6.08. The quantitative estimate of drug-likeness (QED) is 0.290. The third kappa shape index (κ3) is 7.03. The maximum Gasteiger partial charge on any atom is 0.123 e. The second-order valence-corrected chi connectivity index (χ2v) is 13.6. The number of nitrogens with one attached hydrogen (secondary N) is 1. The maximum atomic E-state index is 14.0. The van der Waals surface area contributed by atoms with Crippen LogP contribution in [0.5, 0.6) is 5.75 Å². The zero-order valence-corrected chi connectivity index (χ0v) is 23.2. The maximum absolute atomic E-state index is 14.0. The van der Waals surface area contributed by atoms with Crippen LogP contribution >= 0.6 is 8.58 Å². The summed E-state index contributed by atoms with van der Waals surface area (Å²) in [6.45, 7) is 18.3. The van der Waals surface area contributed by atoms with Gasteiger partial charge in [-0.1, -0.05) is 101 Å². The van der Waals surface area contributed by atoms with E-state index in [4.69, 9.17) is 0 Å². The summed E-state index contributed by atoms with van der Waals surface area (Å²) in [5.74, 6) is 0.230. The Balaban J connectivity index is 2.73. The van der Waals surface area contributed by atoms with Crippen LogP contribution in [0, 0.1) is 5.82 Å². The van der Waals surface area contributed by atoms with Crippen LogP contribution in [0.4, 0.5) is 4.39 Å². The Morgan fingerprint density at radius 2 is 1.55 bits per heavy atom. The summed E-state index contributed by atoms with van der Waals surface area (Å²) in [5.41, 5.74) is 4.10. The third-order valence-corrected chi connectivity index (χ3v) is 8.33. The highest BCUT2D eigenvalue weighted by atomic mass is 31.1. The van der Waals surface area contributed by atoms with Crippen LogP contribution in [0.15, 0.2) is 30.3 Å². The largest absolute Gasteiger partial charge is 0.507 e. The molecule has 0 aliphatic rings. The Morgan fingerprint density at radius 3 is 2.09 bits per heavy atom. The molecule has 0 radical (unpaired) electrons. The molecule has 0 amide bonds. The number of phenolic OH excluding ortho intramolecular Hbond substituents is 1. The summed E-state index contributed by atoms with van der Waals surface area (Å²) in [7, 11) is 2.33. The number of halogens is 1. The van der Waals surface area contributed by atoms with Crippen molar-refractivity contribution in [1.29, 1.82) is 0 Å². The minimum absolute atomic E-state index is 0.0247. The molecule has 0 aliphatic heterocycles. The van der Waals surface area contributed by atoms with Gasteiger partial charge in [-0.05, 0) is 58.4 Å². The molecule has 2 N–H and O–H groups in total. The van der Waals surface area contributed by atoms with Gasteiger partial charge in [0.05, 0.1) is 0 Å². The van der Waals surface area contributed by atoms with Gasteiger partial charge in [-0.2, -0.15) is 0 Å². The molecule has 2 aromatic carbocycles. The molecular formula is C29H45FNOP. The van der Waals surface area contributed by atoms with E-state index in [-0.39, 0.29) is 21.8 Å². The second kappa shape index (κ2) is 10.9. The van der Waals surface area contributed by atoms with Gasteiger partial charge in [-0.3, -0.25) is 0 Å². The lowest BCUT2D eigenvalue weighted by atomic mass is 9.77. The molecule has 0 heterocycles. The first-order valence-corrected chi connectivity index (χ1v) is 13.3. The first-order chi connectivity index (χ1) is 15.2. The normalized spacial score (nSPS) is 14.7. The molecule has 0 bridgehead atoms. The number of unbranched alkanes of at least 4 members (excludes halogenated alkanes) is 2. The van der Waals surface area contributed by atoms with Crippen molar-refractivity contribution in [2.45, 2.75) is 104 Å². The van der Waals surface area contributed by atoms with Crippen LogP contribution in [0.2, 0.25) is 0 Å². The molecule has 4 heteroatoms. The molecule has 0 spiro atoms. The van der Waals surface area contributed by atoms with Gasteiger partial charge in [0.15, 0.2) is 0 Å². The van der Waals surface area contributed by atoms with Gasteiger partial charge in [-0.15, -0.1) is 0 Å². The summed E-state index contributed by atoms with van der Waals surface area (Å²) in [6, 6.07) is 9.59. The van der Waals surface area contributed by atoms with E-state index >= 15 is 0 Å². The van der Waals surface area contributed by atoms with E-state index in [0.29, 0.717) is 20.9 Å². The van der Waals surface area contributed by atoms with Gasteiger partial charge in [-0.25, -0.2) is 4.39 Å². The molecule has 2 rings (SSSR count). The van der Waals surface area contributed by atoms with Crippen molar-refractivity contribution in [3.05, 3.63) is 58.4 Å². The van der Waals surface area contributed by atoms with Gasteiger partial charge < -0.3 is 10.4 Å². The lowest BCUT2D eigenvalue weighted by molar-refractivity contribution is 0.424. The van der Waals surface area contributed by atoms with E-state index in [0.717, 1.165) is 36.0 Å². The van der Waals surface area contributed by atoms with Gasteiger partial charge in [0, 0.05) is 17.3 Å². The molecular weight excluding hydrogens is 428 g/mol.